The van der Waals surface area contributed by atoms with Gasteiger partial charge in [-0.25, -0.2) is 0 Å². The molecule has 0 saturated heterocycles. The third-order valence-electron chi connectivity index (χ3n) is 2.03. The molecule has 0 aromatic heterocycles. The van der Waals surface area contributed by atoms with Crippen LogP contribution in [0.4, 0.5) is 0 Å². The maximum absolute atomic E-state index is 10.6. The first kappa shape index (κ1) is 9.89. The van der Waals surface area contributed by atoms with Crippen molar-refractivity contribution in [3.63, 3.8) is 0 Å². The standard InChI is InChI=1S/C9H15N3O/c1-9(2,3)7-4-11-12(5-7)6-8(10)13/h4-5,7H,6H2,1-3H3,(H-,10,13)/p+1. The van der Waals surface area contributed by atoms with Crippen LogP contribution in [0, 0.1) is 11.3 Å². The Morgan fingerprint density at radius 1 is 1.62 bits per heavy atom. The van der Waals surface area contributed by atoms with Crippen LogP contribution in [0.15, 0.2) is 5.10 Å². The Balaban J connectivity index is 2.66. The maximum atomic E-state index is 10.6. The largest absolute Gasteiger partial charge is 0.364 e. The molecule has 1 amide bonds. The van der Waals surface area contributed by atoms with Gasteiger partial charge in [0.2, 0.25) is 0 Å². The highest BCUT2D eigenvalue weighted by Crippen LogP contribution is 2.24. The van der Waals surface area contributed by atoms with Crippen molar-refractivity contribution < 1.29 is 9.48 Å². The summed E-state index contributed by atoms with van der Waals surface area (Å²) in [5.74, 6) is -0.0743. The van der Waals surface area contributed by atoms with Gasteiger partial charge in [-0.15, -0.1) is 0 Å². The minimum absolute atomic E-state index is 0.149. The second-order valence-corrected chi connectivity index (χ2v) is 4.37. The second-order valence-electron chi connectivity index (χ2n) is 4.37. The molecule has 72 valence electrons. The van der Waals surface area contributed by atoms with Crippen LogP contribution < -0.4 is 5.73 Å². The quantitative estimate of drug-likeness (QED) is 0.610. The van der Waals surface area contributed by atoms with Crippen LogP contribution >= 0.6 is 0 Å². The summed E-state index contributed by atoms with van der Waals surface area (Å²) in [7, 11) is 0. The Kier molecular flexibility index (Phi) is 2.50. The van der Waals surface area contributed by atoms with Crippen LogP contribution in [-0.2, 0) is 4.79 Å². The zero-order chi connectivity index (χ0) is 10.1. The van der Waals surface area contributed by atoms with Crippen LogP contribution in [0.3, 0.4) is 0 Å². The molecule has 1 aliphatic heterocycles. The van der Waals surface area contributed by atoms with Crippen molar-refractivity contribution in [2.24, 2.45) is 22.2 Å². The minimum atomic E-state index is -0.358. The number of rotatable bonds is 2. The first-order valence-electron chi connectivity index (χ1n) is 4.33. The Labute approximate surface area is 78.1 Å². The normalized spacial score (nSPS) is 21.8. The third kappa shape index (κ3) is 2.65. The molecule has 0 aromatic carbocycles. The van der Waals surface area contributed by atoms with Crippen molar-refractivity contribution in [2.45, 2.75) is 20.8 Å². The molecule has 1 rings (SSSR count). The molecule has 1 unspecified atom stereocenters. The van der Waals surface area contributed by atoms with E-state index in [1.165, 1.54) is 0 Å². The summed E-state index contributed by atoms with van der Waals surface area (Å²) in [5.41, 5.74) is 5.20. The highest BCUT2D eigenvalue weighted by atomic mass is 16.1. The molecule has 1 heterocycles. The first-order chi connectivity index (χ1) is 5.89. The number of carbonyl (C=O) groups excluding carboxylic acids is 1. The van der Waals surface area contributed by atoms with E-state index in [1.807, 2.05) is 12.4 Å². The number of hydrogen-bond donors (Lipinski definition) is 1. The van der Waals surface area contributed by atoms with Gasteiger partial charge in [-0.05, 0) is 10.5 Å². The van der Waals surface area contributed by atoms with Gasteiger partial charge in [0, 0.05) is 0 Å². The van der Waals surface area contributed by atoms with E-state index in [9.17, 15) is 4.79 Å². The summed E-state index contributed by atoms with van der Waals surface area (Å²) in [5, 5.41) is 4.08. The minimum Gasteiger partial charge on any atom is -0.364 e. The number of nitrogens with two attached hydrogens (primary N) is 1. The number of amides is 1. The van der Waals surface area contributed by atoms with Crippen molar-refractivity contribution in [2.75, 3.05) is 6.54 Å². The van der Waals surface area contributed by atoms with Gasteiger partial charge in [0.05, 0.1) is 12.1 Å². The van der Waals surface area contributed by atoms with E-state index in [0.717, 1.165) is 0 Å². The summed E-state index contributed by atoms with van der Waals surface area (Å²) in [6.07, 6.45) is 3.79. The highest BCUT2D eigenvalue weighted by Gasteiger charge is 2.30. The van der Waals surface area contributed by atoms with Gasteiger partial charge in [0.15, 0.2) is 6.21 Å². The first-order valence-corrected chi connectivity index (χ1v) is 4.33. The third-order valence-corrected chi connectivity index (χ3v) is 2.03. The van der Waals surface area contributed by atoms with Gasteiger partial charge in [0.1, 0.15) is 0 Å². The van der Waals surface area contributed by atoms with Crippen molar-refractivity contribution in [1.29, 1.82) is 0 Å². The molecule has 4 heteroatoms. The van der Waals surface area contributed by atoms with E-state index in [0.29, 0.717) is 0 Å². The van der Waals surface area contributed by atoms with Gasteiger partial charge in [-0.3, -0.25) is 4.79 Å². The Morgan fingerprint density at radius 2 is 2.23 bits per heavy atom. The summed E-state index contributed by atoms with van der Waals surface area (Å²) >= 11 is 0. The maximum Gasteiger partial charge on any atom is 0.285 e. The van der Waals surface area contributed by atoms with Gasteiger partial charge < -0.3 is 5.73 Å². The predicted molar refractivity (Wildman–Crippen MR) is 51.8 cm³/mol. The van der Waals surface area contributed by atoms with E-state index in [1.54, 1.807) is 4.68 Å². The summed E-state index contributed by atoms with van der Waals surface area (Å²) in [6, 6.07) is 0. The van der Waals surface area contributed by atoms with Crippen LogP contribution in [0.25, 0.3) is 0 Å². The zero-order valence-corrected chi connectivity index (χ0v) is 8.32. The molecule has 0 aromatic rings. The molecule has 0 fully saturated rings. The molecule has 4 nitrogen and oxygen atoms in total. The lowest BCUT2D eigenvalue weighted by atomic mass is 9.83. The van der Waals surface area contributed by atoms with E-state index in [4.69, 9.17) is 5.73 Å². The monoisotopic (exact) mass is 182 g/mol. The van der Waals surface area contributed by atoms with Gasteiger partial charge in [-0.1, -0.05) is 25.5 Å². The molecule has 1 aliphatic rings. The number of primary amides is 1. The summed E-state index contributed by atoms with van der Waals surface area (Å²) in [4.78, 5) is 10.6. The lowest BCUT2D eigenvalue weighted by Gasteiger charge is -2.18. The fourth-order valence-electron chi connectivity index (χ4n) is 1.12. The molecule has 2 N–H and O–H groups in total. The molecule has 0 aliphatic carbocycles. The van der Waals surface area contributed by atoms with Crippen molar-refractivity contribution in [1.82, 2.24) is 0 Å². The van der Waals surface area contributed by atoms with E-state index < -0.39 is 0 Å². The molecular formula is C9H16N3O+. The van der Waals surface area contributed by atoms with Crippen LogP contribution in [-0.4, -0.2) is 29.6 Å². The van der Waals surface area contributed by atoms with E-state index >= 15 is 0 Å². The lowest BCUT2D eigenvalue weighted by molar-refractivity contribution is -0.514. The SMILES string of the molecule is CC(C)(C)C1C=N[N+](CC(N)=O)=C1. The molecule has 0 radical (unpaired) electrons. The van der Waals surface area contributed by atoms with E-state index in [2.05, 4.69) is 25.9 Å². The molecule has 0 bridgehead atoms. The van der Waals surface area contributed by atoms with Crippen molar-refractivity contribution in [3.05, 3.63) is 0 Å². The van der Waals surface area contributed by atoms with E-state index in [-0.39, 0.29) is 23.8 Å². The molecule has 1 atom stereocenters. The van der Waals surface area contributed by atoms with Gasteiger partial charge in [-0.2, -0.15) is 0 Å². The number of carbonyl (C=O) groups is 1. The zero-order valence-electron chi connectivity index (χ0n) is 8.32. The van der Waals surface area contributed by atoms with Crippen LogP contribution in [0.5, 0.6) is 0 Å². The second kappa shape index (κ2) is 3.28. The average Bonchev–Trinajstić information content (AvgIpc) is 2.32. The van der Waals surface area contributed by atoms with Gasteiger partial charge in [0.25, 0.3) is 12.5 Å². The highest BCUT2D eigenvalue weighted by molar-refractivity contribution is 5.85. The smallest absolute Gasteiger partial charge is 0.285 e. The van der Waals surface area contributed by atoms with Gasteiger partial charge >= 0.3 is 0 Å². The fraction of sp³-hybridized carbons (Fsp3) is 0.667. The van der Waals surface area contributed by atoms with Crippen LogP contribution in [0.1, 0.15) is 20.8 Å². The van der Waals surface area contributed by atoms with Crippen molar-refractivity contribution >= 4 is 18.3 Å². The van der Waals surface area contributed by atoms with Crippen molar-refractivity contribution in [3.8, 4) is 0 Å². The van der Waals surface area contributed by atoms with Crippen LogP contribution in [0.2, 0.25) is 0 Å². The Morgan fingerprint density at radius 3 is 2.62 bits per heavy atom. The number of hydrogen-bond acceptors (Lipinski definition) is 2. The molecular weight excluding hydrogens is 166 g/mol. The molecule has 0 saturated carbocycles. The summed E-state index contributed by atoms with van der Waals surface area (Å²) in [6.45, 7) is 6.57. The predicted octanol–water partition coefficient (Wildman–Crippen LogP) is 0.217. The summed E-state index contributed by atoms with van der Waals surface area (Å²) < 4.78 is 1.60. The Hall–Kier alpha value is -1.19. The molecule has 0 spiro atoms. The molecule has 13 heavy (non-hydrogen) atoms. The number of hydrazone groups is 1. The topological polar surface area (TPSA) is 58.5 Å². The average molecular weight is 182 g/mol. The fourth-order valence-corrected chi connectivity index (χ4v) is 1.12. The number of nitrogens with zero attached hydrogens (tertiary/aromatic N) is 2. The lowest BCUT2D eigenvalue weighted by Crippen LogP contribution is -2.26. The Bertz CT molecular complexity index is 273.